The highest BCUT2D eigenvalue weighted by atomic mass is 35.5. The Labute approximate surface area is 167 Å². The molecule has 142 valence electrons. The third kappa shape index (κ3) is 3.69. The van der Waals surface area contributed by atoms with Crippen LogP contribution in [-0.2, 0) is 5.60 Å². The van der Waals surface area contributed by atoms with Crippen LogP contribution in [0, 0.1) is 0 Å². The first-order chi connectivity index (χ1) is 12.6. The quantitative estimate of drug-likeness (QED) is 0.544. The smallest absolute Gasteiger partial charge is 0.375 e. The van der Waals surface area contributed by atoms with Crippen molar-refractivity contribution >= 4 is 34.5 Å². The van der Waals surface area contributed by atoms with Crippen molar-refractivity contribution in [2.75, 3.05) is 0 Å². The summed E-state index contributed by atoms with van der Waals surface area (Å²) in [5.74, 6) is -1.41. The van der Waals surface area contributed by atoms with E-state index in [-0.39, 0.29) is 10.6 Å². The third-order valence-electron chi connectivity index (χ3n) is 4.31. The van der Waals surface area contributed by atoms with E-state index in [4.69, 9.17) is 23.2 Å². The Morgan fingerprint density at radius 3 is 2.37 bits per heavy atom. The van der Waals surface area contributed by atoms with Crippen LogP contribution in [0.4, 0.5) is 13.2 Å². The first-order valence-corrected chi connectivity index (χ1v) is 9.38. The lowest BCUT2D eigenvalue weighted by atomic mass is 9.80. The van der Waals surface area contributed by atoms with Crippen molar-refractivity contribution in [2.45, 2.75) is 24.6 Å². The largest absolute Gasteiger partial charge is 0.423 e. The lowest BCUT2D eigenvalue weighted by molar-refractivity contribution is -0.275. The van der Waals surface area contributed by atoms with E-state index in [0.29, 0.717) is 15.6 Å². The minimum absolute atomic E-state index is 0.0438. The van der Waals surface area contributed by atoms with Gasteiger partial charge in [-0.25, -0.2) is 4.98 Å². The van der Waals surface area contributed by atoms with Crippen LogP contribution in [0.15, 0.2) is 48.1 Å². The number of hydrogen-bond donors (Lipinski definition) is 1. The Bertz CT molecular complexity index is 949. The predicted octanol–water partition coefficient (Wildman–Crippen LogP) is 6.07. The zero-order valence-corrected chi connectivity index (χ0v) is 16.2. The second kappa shape index (κ2) is 7.39. The number of aliphatic hydroxyl groups is 1. The summed E-state index contributed by atoms with van der Waals surface area (Å²) >= 11 is 12.9. The molecule has 2 unspecified atom stereocenters. The molecule has 0 amide bonds. The number of pyridine rings is 1. The minimum atomic E-state index is -4.97. The second-order valence-corrected chi connectivity index (χ2v) is 7.63. The van der Waals surface area contributed by atoms with Crippen LogP contribution in [0.25, 0.3) is 10.6 Å². The molecular weight excluding hydrogens is 420 g/mol. The SMILES string of the molecule is CC(c1ccc(Cl)cc1Cl)C(O)(c1csc(-c2ccncc2)n1)C(F)(F)F. The number of nitrogens with zero attached hydrogens (tertiary/aromatic N) is 2. The normalized spacial score (nSPS) is 15.4. The standard InChI is InChI=1S/C18H13Cl2F3N2OS/c1-10(13-3-2-12(19)8-14(13)20)17(26,18(21,22)23)15-9-27-16(25-15)11-4-6-24-7-5-11/h2-10,26H,1H3. The van der Waals surface area contributed by atoms with E-state index in [1.165, 1.54) is 42.9 Å². The molecule has 27 heavy (non-hydrogen) atoms. The fraction of sp³-hybridized carbons (Fsp3) is 0.222. The fourth-order valence-corrected chi connectivity index (χ4v) is 4.22. The van der Waals surface area contributed by atoms with Gasteiger partial charge in [-0.1, -0.05) is 36.2 Å². The zero-order chi connectivity index (χ0) is 19.8. The van der Waals surface area contributed by atoms with E-state index in [2.05, 4.69) is 9.97 Å². The summed E-state index contributed by atoms with van der Waals surface area (Å²) in [6, 6.07) is 7.42. The molecule has 1 aromatic carbocycles. The van der Waals surface area contributed by atoms with Crippen LogP contribution >= 0.6 is 34.5 Å². The van der Waals surface area contributed by atoms with E-state index >= 15 is 0 Å². The summed E-state index contributed by atoms with van der Waals surface area (Å²) in [6.45, 7) is 1.26. The van der Waals surface area contributed by atoms with Gasteiger partial charge in [-0.05, 0) is 29.8 Å². The van der Waals surface area contributed by atoms with Gasteiger partial charge in [0.05, 0.1) is 5.69 Å². The van der Waals surface area contributed by atoms with Crippen molar-refractivity contribution in [2.24, 2.45) is 0 Å². The molecule has 1 N–H and O–H groups in total. The lowest BCUT2D eigenvalue weighted by Gasteiger charge is -2.35. The van der Waals surface area contributed by atoms with E-state index in [9.17, 15) is 18.3 Å². The van der Waals surface area contributed by atoms with Crippen LogP contribution < -0.4 is 0 Å². The molecule has 0 radical (unpaired) electrons. The molecule has 0 aliphatic rings. The average Bonchev–Trinajstić information content (AvgIpc) is 3.10. The van der Waals surface area contributed by atoms with Gasteiger partial charge in [0.1, 0.15) is 5.01 Å². The van der Waals surface area contributed by atoms with Crippen LogP contribution in [0.2, 0.25) is 10.0 Å². The van der Waals surface area contributed by atoms with E-state index in [1.807, 2.05) is 0 Å². The maximum atomic E-state index is 14.0. The highest BCUT2D eigenvalue weighted by Gasteiger charge is 2.60. The van der Waals surface area contributed by atoms with Gasteiger partial charge in [0, 0.05) is 39.3 Å². The summed E-state index contributed by atoms with van der Waals surface area (Å²) in [5.41, 5.74) is -2.96. The number of thiazole rings is 1. The number of rotatable bonds is 4. The number of hydrogen-bond acceptors (Lipinski definition) is 4. The third-order valence-corrected chi connectivity index (χ3v) is 5.76. The molecular formula is C18H13Cl2F3N2OS. The van der Waals surface area contributed by atoms with Gasteiger partial charge in [-0.15, -0.1) is 11.3 Å². The molecule has 3 aromatic rings. The summed E-state index contributed by atoms with van der Waals surface area (Å²) in [7, 11) is 0. The van der Waals surface area contributed by atoms with Crippen molar-refractivity contribution in [3.05, 3.63) is 69.4 Å². The minimum Gasteiger partial charge on any atom is -0.375 e. The first kappa shape index (κ1) is 20.1. The number of halogens is 5. The van der Waals surface area contributed by atoms with Gasteiger partial charge in [0.15, 0.2) is 0 Å². The second-order valence-electron chi connectivity index (χ2n) is 5.93. The molecule has 0 saturated carbocycles. The van der Waals surface area contributed by atoms with Crippen LogP contribution in [0.1, 0.15) is 24.1 Å². The van der Waals surface area contributed by atoms with Crippen LogP contribution in [-0.4, -0.2) is 21.3 Å². The maximum Gasteiger partial charge on any atom is 0.423 e. The average molecular weight is 433 g/mol. The molecule has 0 saturated heterocycles. The molecule has 9 heteroatoms. The molecule has 2 aromatic heterocycles. The van der Waals surface area contributed by atoms with E-state index in [0.717, 1.165) is 11.3 Å². The van der Waals surface area contributed by atoms with E-state index < -0.39 is 23.4 Å². The van der Waals surface area contributed by atoms with Gasteiger partial charge < -0.3 is 5.11 Å². The summed E-state index contributed by atoms with van der Waals surface area (Å²) < 4.78 is 42.0. The topological polar surface area (TPSA) is 46.0 Å². The van der Waals surface area contributed by atoms with Crippen LogP contribution in [0.5, 0.6) is 0 Å². The van der Waals surface area contributed by atoms with Crippen molar-refractivity contribution in [3.63, 3.8) is 0 Å². The highest BCUT2D eigenvalue weighted by molar-refractivity contribution is 7.13. The molecule has 0 aliphatic carbocycles. The fourth-order valence-electron chi connectivity index (χ4n) is 2.77. The molecule has 3 rings (SSSR count). The Hall–Kier alpha value is -1.67. The van der Waals surface area contributed by atoms with Gasteiger partial charge in [-0.3, -0.25) is 4.98 Å². The summed E-state index contributed by atoms with van der Waals surface area (Å²) in [6.07, 6.45) is -1.94. The summed E-state index contributed by atoms with van der Waals surface area (Å²) in [4.78, 5) is 7.94. The number of benzene rings is 1. The highest BCUT2D eigenvalue weighted by Crippen LogP contribution is 2.50. The zero-order valence-electron chi connectivity index (χ0n) is 13.8. The van der Waals surface area contributed by atoms with Crippen molar-refractivity contribution < 1.29 is 18.3 Å². The molecule has 2 atom stereocenters. The Morgan fingerprint density at radius 2 is 1.78 bits per heavy atom. The molecule has 2 heterocycles. The van der Waals surface area contributed by atoms with Crippen LogP contribution in [0.3, 0.4) is 0 Å². The predicted molar refractivity (Wildman–Crippen MR) is 100 cm³/mol. The summed E-state index contributed by atoms with van der Waals surface area (Å²) in [5, 5.41) is 12.7. The molecule has 0 bridgehead atoms. The van der Waals surface area contributed by atoms with Gasteiger partial charge >= 0.3 is 6.18 Å². The Balaban J connectivity index is 2.10. The lowest BCUT2D eigenvalue weighted by Crippen LogP contribution is -2.47. The maximum absolute atomic E-state index is 14.0. The van der Waals surface area contributed by atoms with E-state index in [1.54, 1.807) is 12.1 Å². The Morgan fingerprint density at radius 1 is 1.11 bits per heavy atom. The Kier molecular flexibility index (Phi) is 5.49. The first-order valence-electron chi connectivity index (χ1n) is 7.75. The van der Waals surface area contributed by atoms with Gasteiger partial charge in [0.25, 0.3) is 0 Å². The number of aromatic nitrogens is 2. The van der Waals surface area contributed by atoms with Crippen molar-refractivity contribution in [1.82, 2.24) is 9.97 Å². The molecule has 0 aliphatic heterocycles. The molecule has 0 fully saturated rings. The molecule has 3 nitrogen and oxygen atoms in total. The van der Waals surface area contributed by atoms with Gasteiger partial charge in [0.2, 0.25) is 5.60 Å². The van der Waals surface area contributed by atoms with Crippen molar-refractivity contribution in [3.8, 4) is 10.6 Å². The monoisotopic (exact) mass is 432 g/mol. The van der Waals surface area contributed by atoms with Crippen molar-refractivity contribution in [1.29, 1.82) is 0 Å². The molecule has 0 spiro atoms. The number of alkyl halides is 3. The van der Waals surface area contributed by atoms with Gasteiger partial charge in [-0.2, -0.15) is 13.2 Å².